The lowest BCUT2D eigenvalue weighted by molar-refractivity contribution is -0.466. The summed E-state index contributed by atoms with van der Waals surface area (Å²) in [6.45, 7) is 3.85. The highest BCUT2D eigenvalue weighted by Gasteiger charge is 2.13. The van der Waals surface area contributed by atoms with E-state index >= 15 is 0 Å². The number of benzene rings is 1. The van der Waals surface area contributed by atoms with Crippen molar-refractivity contribution in [3.63, 3.8) is 0 Å². The molecule has 0 aliphatic rings. The summed E-state index contributed by atoms with van der Waals surface area (Å²) in [4.78, 5) is 2.14. The topological polar surface area (TPSA) is 6.25 Å². The zero-order chi connectivity index (χ0) is 12.8. The van der Waals surface area contributed by atoms with E-state index in [4.69, 9.17) is 0 Å². The van der Waals surface area contributed by atoms with Gasteiger partial charge in [0.15, 0.2) is 0 Å². The molecule has 1 rings (SSSR count). The van der Waals surface area contributed by atoms with E-state index in [1.807, 2.05) is 23.9 Å². The molecule has 0 unspecified atom stereocenters. The van der Waals surface area contributed by atoms with Gasteiger partial charge in [0.1, 0.15) is 0 Å². The summed E-state index contributed by atoms with van der Waals surface area (Å²) >= 11 is 1.84. The van der Waals surface area contributed by atoms with E-state index in [-0.39, 0.29) is 12.4 Å². The summed E-state index contributed by atoms with van der Waals surface area (Å²) in [6, 6.07) is 8.39. The van der Waals surface area contributed by atoms with Gasteiger partial charge in [-0.25, -0.2) is 0 Å². The first-order valence-corrected chi connectivity index (χ1v) is 6.59. The summed E-state index contributed by atoms with van der Waals surface area (Å²) in [6.07, 6.45) is 1.92. The highest BCUT2D eigenvalue weighted by atomic mass is 35.5. The molecule has 0 aliphatic carbocycles. The highest BCUT2D eigenvalue weighted by Crippen LogP contribution is 2.19. The second-order valence-corrected chi connectivity index (χ2v) is 5.21. The Balaban J connectivity index is 0.00000289. The molecule has 0 aliphatic heterocycles. The standard InChI is InChI=1S/C14H21N2S.ClH/c1-6-12-9-7-8-10-13(12)11-17-14(15(2)3)16(4)5;/h6-10H,1,11H2,2-5H3;1H/q+1;/p-1. The highest BCUT2D eigenvalue weighted by molar-refractivity contribution is 8.12. The Hall–Kier alpha value is -0.930. The predicted octanol–water partition coefficient (Wildman–Crippen LogP) is -0.243. The van der Waals surface area contributed by atoms with Crippen molar-refractivity contribution in [3.8, 4) is 0 Å². The van der Waals surface area contributed by atoms with E-state index in [0.29, 0.717) is 0 Å². The number of halogens is 1. The van der Waals surface area contributed by atoms with Crippen molar-refractivity contribution in [3.05, 3.63) is 42.0 Å². The van der Waals surface area contributed by atoms with Crippen LogP contribution in [-0.4, -0.2) is 42.8 Å². The lowest BCUT2D eigenvalue weighted by atomic mass is 10.1. The monoisotopic (exact) mass is 284 g/mol. The lowest BCUT2D eigenvalue weighted by Gasteiger charge is -2.11. The van der Waals surface area contributed by atoms with Crippen LogP contribution >= 0.6 is 11.8 Å². The van der Waals surface area contributed by atoms with Crippen LogP contribution < -0.4 is 12.4 Å². The zero-order valence-corrected chi connectivity index (χ0v) is 13.1. The normalized spacial score (nSPS) is 9.33. The largest absolute Gasteiger partial charge is 1.00 e. The fraction of sp³-hybridized carbons (Fsp3) is 0.357. The van der Waals surface area contributed by atoms with Crippen molar-refractivity contribution in [1.29, 1.82) is 0 Å². The molecule has 100 valence electrons. The molecule has 0 atom stereocenters. The molecular formula is C14H21ClN2S. The van der Waals surface area contributed by atoms with Crippen molar-refractivity contribution in [2.45, 2.75) is 5.75 Å². The van der Waals surface area contributed by atoms with Crippen LogP contribution in [0.5, 0.6) is 0 Å². The van der Waals surface area contributed by atoms with E-state index in [1.54, 1.807) is 0 Å². The molecule has 0 bridgehead atoms. The number of amidine groups is 1. The van der Waals surface area contributed by atoms with Crippen LogP contribution in [0.2, 0.25) is 0 Å². The molecule has 0 heterocycles. The summed E-state index contributed by atoms with van der Waals surface area (Å²) < 4.78 is 2.14. The molecule has 4 heteroatoms. The van der Waals surface area contributed by atoms with Crippen molar-refractivity contribution in [1.82, 2.24) is 4.90 Å². The first-order valence-electron chi connectivity index (χ1n) is 5.61. The van der Waals surface area contributed by atoms with Crippen LogP contribution in [0.3, 0.4) is 0 Å². The molecule has 0 saturated carbocycles. The Labute approximate surface area is 121 Å². The Bertz CT molecular complexity index is 424. The molecule has 18 heavy (non-hydrogen) atoms. The summed E-state index contributed by atoms with van der Waals surface area (Å²) in [5, 5.41) is 1.25. The van der Waals surface area contributed by atoms with Crippen molar-refractivity contribution < 1.29 is 17.0 Å². The molecule has 1 aromatic rings. The van der Waals surface area contributed by atoms with Gasteiger partial charge in [0.25, 0.3) is 0 Å². The van der Waals surface area contributed by atoms with Gasteiger partial charge in [0, 0.05) is 5.75 Å². The van der Waals surface area contributed by atoms with Crippen LogP contribution in [0.15, 0.2) is 30.8 Å². The van der Waals surface area contributed by atoms with Gasteiger partial charge in [0.05, 0.1) is 28.2 Å². The maximum atomic E-state index is 3.85. The minimum Gasteiger partial charge on any atom is -1.00 e. The fourth-order valence-electron chi connectivity index (χ4n) is 1.67. The second kappa shape index (κ2) is 8.22. The van der Waals surface area contributed by atoms with Gasteiger partial charge >= 0.3 is 5.17 Å². The minimum atomic E-state index is 0. The molecule has 0 saturated heterocycles. The quantitative estimate of drug-likeness (QED) is 0.429. The van der Waals surface area contributed by atoms with Crippen molar-refractivity contribution in [2.24, 2.45) is 0 Å². The van der Waals surface area contributed by atoms with Crippen LogP contribution in [0.4, 0.5) is 0 Å². The van der Waals surface area contributed by atoms with Crippen molar-refractivity contribution >= 4 is 23.0 Å². The third kappa shape index (κ3) is 4.75. The van der Waals surface area contributed by atoms with E-state index in [1.165, 1.54) is 16.3 Å². The summed E-state index contributed by atoms with van der Waals surface area (Å²) in [5.41, 5.74) is 2.55. The number of thioether (sulfide) groups is 1. The minimum absolute atomic E-state index is 0. The third-order valence-electron chi connectivity index (χ3n) is 2.40. The average molecular weight is 285 g/mol. The van der Waals surface area contributed by atoms with Gasteiger partial charge in [-0.1, -0.05) is 36.9 Å². The van der Waals surface area contributed by atoms with Gasteiger partial charge < -0.3 is 12.4 Å². The first kappa shape index (κ1) is 17.1. The summed E-state index contributed by atoms with van der Waals surface area (Å²) in [7, 11) is 8.28. The average Bonchev–Trinajstić information content (AvgIpc) is 2.29. The smallest absolute Gasteiger partial charge is 0.307 e. The van der Waals surface area contributed by atoms with Crippen molar-refractivity contribution in [2.75, 3.05) is 28.2 Å². The maximum absolute atomic E-state index is 3.85. The number of hydrogen-bond acceptors (Lipinski definition) is 1. The lowest BCUT2D eigenvalue weighted by Crippen LogP contribution is -3.00. The Morgan fingerprint density at radius 3 is 2.44 bits per heavy atom. The fourth-order valence-corrected chi connectivity index (χ4v) is 2.73. The number of rotatable bonds is 3. The molecule has 0 amide bonds. The Morgan fingerprint density at radius 2 is 1.94 bits per heavy atom. The van der Waals surface area contributed by atoms with Gasteiger partial charge in [0.2, 0.25) is 0 Å². The molecule has 0 spiro atoms. The molecule has 0 radical (unpaired) electrons. The SMILES string of the molecule is C=Cc1ccccc1CSC(N(C)C)=[N+](C)C.[Cl-]. The molecule has 0 N–H and O–H groups in total. The van der Waals surface area contributed by atoms with Crippen LogP contribution in [0.25, 0.3) is 6.08 Å². The first-order chi connectivity index (χ1) is 8.06. The maximum Gasteiger partial charge on any atom is 0.307 e. The van der Waals surface area contributed by atoms with E-state index in [0.717, 1.165) is 5.75 Å². The molecule has 2 nitrogen and oxygen atoms in total. The predicted molar refractivity (Wildman–Crippen MR) is 78.6 cm³/mol. The van der Waals surface area contributed by atoms with Gasteiger partial charge in [-0.05, 0) is 22.9 Å². The Kier molecular flexibility index (Phi) is 7.80. The van der Waals surface area contributed by atoms with Gasteiger partial charge in [-0.3, -0.25) is 9.48 Å². The van der Waals surface area contributed by atoms with Crippen LogP contribution in [-0.2, 0) is 5.75 Å². The number of hydrogen-bond donors (Lipinski definition) is 0. The molecule has 1 aromatic carbocycles. The van der Waals surface area contributed by atoms with E-state index in [9.17, 15) is 0 Å². The molecule has 0 aromatic heterocycles. The molecular weight excluding hydrogens is 264 g/mol. The van der Waals surface area contributed by atoms with Gasteiger partial charge in [-0.15, -0.1) is 0 Å². The van der Waals surface area contributed by atoms with E-state index in [2.05, 4.69) is 62.4 Å². The summed E-state index contributed by atoms with van der Waals surface area (Å²) in [5.74, 6) is 0.966. The second-order valence-electron chi connectivity index (χ2n) is 4.26. The third-order valence-corrected chi connectivity index (χ3v) is 3.84. The van der Waals surface area contributed by atoms with Gasteiger partial charge in [-0.2, -0.15) is 0 Å². The van der Waals surface area contributed by atoms with Crippen LogP contribution in [0, 0.1) is 0 Å². The number of nitrogens with zero attached hydrogens (tertiary/aromatic N) is 2. The molecule has 0 fully saturated rings. The Morgan fingerprint density at radius 1 is 1.33 bits per heavy atom. The van der Waals surface area contributed by atoms with Crippen LogP contribution in [0.1, 0.15) is 11.1 Å². The van der Waals surface area contributed by atoms with E-state index < -0.39 is 0 Å². The zero-order valence-electron chi connectivity index (χ0n) is 11.5.